The predicted octanol–water partition coefficient (Wildman–Crippen LogP) is 0.555. The average molecular weight is 223 g/mol. The van der Waals surface area contributed by atoms with Gasteiger partial charge in [0.2, 0.25) is 0 Å². The molecule has 2 unspecified atom stereocenters. The van der Waals surface area contributed by atoms with Crippen LogP contribution in [0.4, 0.5) is 5.82 Å². The highest BCUT2D eigenvalue weighted by molar-refractivity contribution is 5.26. The fourth-order valence-corrected chi connectivity index (χ4v) is 2.45. The number of anilines is 1. The SMILES string of the molecule is CC1CCCC1Cn1c(N)cc(=O)[nH]c1=O. The molecular weight excluding hydrogens is 206 g/mol. The number of nitrogen functional groups attached to an aromatic ring is 1. The molecule has 1 aromatic rings. The van der Waals surface area contributed by atoms with Gasteiger partial charge in [-0.1, -0.05) is 19.8 Å². The molecule has 0 bridgehead atoms. The van der Waals surface area contributed by atoms with Crippen molar-refractivity contribution in [1.29, 1.82) is 0 Å². The molecule has 5 heteroatoms. The van der Waals surface area contributed by atoms with Crippen LogP contribution in [0.3, 0.4) is 0 Å². The molecule has 0 saturated heterocycles. The van der Waals surface area contributed by atoms with E-state index < -0.39 is 11.2 Å². The van der Waals surface area contributed by atoms with E-state index in [2.05, 4.69) is 11.9 Å². The van der Waals surface area contributed by atoms with Crippen LogP contribution >= 0.6 is 0 Å². The van der Waals surface area contributed by atoms with Crippen molar-refractivity contribution in [2.45, 2.75) is 32.7 Å². The average Bonchev–Trinajstić information content (AvgIpc) is 2.57. The van der Waals surface area contributed by atoms with E-state index in [4.69, 9.17) is 5.73 Å². The molecule has 1 aliphatic rings. The molecular formula is C11H17N3O2. The highest BCUT2D eigenvalue weighted by Gasteiger charge is 2.24. The minimum atomic E-state index is -0.432. The second-order valence-electron chi connectivity index (χ2n) is 4.64. The summed E-state index contributed by atoms with van der Waals surface area (Å²) in [5, 5.41) is 0. The van der Waals surface area contributed by atoms with Crippen molar-refractivity contribution in [3.8, 4) is 0 Å². The van der Waals surface area contributed by atoms with E-state index in [9.17, 15) is 9.59 Å². The van der Waals surface area contributed by atoms with Crippen molar-refractivity contribution in [2.24, 2.45) is 11.8 Å². The first-order valence-corrected chi connectivity index (χ1v) is 5.67. The summed E-state index contributed by atoms with van der Waals surface area (Å²) in [6.45, 7) is 2.81. The summed E-state index contributed by atoms with van der Waals surface area (Å²) in [5.74, 6) is 1.37. The number of hydrogen-bond donors (Lipinski definition) is 2. The van der Waals surface area contributed by atoms with Crippen molar-refractivity contribution in [2.75, 3.05) is 5.73 Å². The van der Waals surface area contributed by atoms with Gasteiger partial charge in [-0.05, 0) is 18.3 Å². The second-order valence-corrected chi connectivity index (χ2v) is 4.64. The van der Waals surface area contributed by atoms with Gasteiger partial charge in [-0.25, -0.2) is 4.79 Å². The van der Waals surface area contributed by atoms with Gasteiger partial charge >= 0.3 is 5.69 Å². The van der Waals surface area contributed by atoms with Crippen LogP contribution in [-0.2, 0) is 6.54 Å². The molecule has 0 aromatic carbocycles. The highest BCUT2D eigenvalue weighted by atomic mass is 16.2. The normalized spacial score (nSPS) is 24.8. The van der Waals surface area contributed by atoms with Crippen molar-refractivity contribution >= 4 is 5.82 Å². The quantitative estimate of drug-likeness (QED) is 0.768. The number of rotatable bonds is 2. The lowest BCUT2D eigenvalue weighted by atomic mass is 9.98. The summed E-state index contributed by atoms with van der Waals surface area (Å²) in [4.78, 5) is 24.8. The van der Waals surface area contributed by atoms with Gasteiger partial charge in [0.15, 0.2) is 0 Å². The molecule has 0 spiro atoms. The van der Waals surface area contributed by atoms with Crippen molar-refractivity contribution in [3.63, 3.8) is 0 Å². The van der Waals surface area contributed by atoms with Gasteiger partial charge in [-0.3, -0.25) is 14.3 Å². The van der Waals surface area contributed by atoms with Crippen LogP contribution in [0.15, 0.2) is 15.7 Å². The lowest BCUT2D eigenvalue weighted by Crippen LogP contribution is -2.33. The molecule has 0 amide bonds. The zero-order valence-electron chi connectivity index (χ0n) is 9.40. The maximum atomic E-state index is 11.6. The third-order valence-corrected chi connectivity index (χ3v) is 3.52. The summed E-state index contributed by atoms with van der Waals surface area (Å²) in [5.41, 5.74) is 4.86. The van der Waals surface area contributed by atoms with Crippen molar-refractivity contribution < 1.29 is 0 Å². The van der Waals surface area contributed by atoms with Crippen LogP contribution in [0.25, 0.3) is 0 Å². The topological polar surface area (TPSA) is 80.9 Å². The van der Waals surface area contributed by atoms with Gasteiger partial charge in [-0.15, -0.1) is 0 Å². The maximum absolute atomic E-state index is 11.6. The fraction of sp³-hybridized carbons (Fsp3) is 0.636. The van der Waals surface area contributed by atoms with E-state index in [1.54, 1.807) is 0 Å². The molecule has 1 heterocycles. The third kappa shape index (κ3) is 2.03. The smallest absolute Gasteiger partial charge is 0.329 e. The van der Waals surface area contributed by atoms with E-state index >= 15 is 0 Å². The Morgan fingerprint density at radius 3 is 2.81 bits per heavy atom. The van der Waals surface area contributed by atoms with Gasteiger partial charge in [0, 0.05) is 12.6 Å². The molecule has 88 valence electrons. The van der Waals surface area contributed by atoms with Crippen molar-refractivity contribution in [1.82, 2.24) is 9.55 Å². The maximum Gasteiger partial charge on any atom is 0.329 e. The fourth-order valence-electron chi connectivity index (χ4n) is 2.45. The summed E-state index contributed by atoms with van der Waals surface area (Å²) in [6, 6.07) is 1.26. The van der Waals surface area contributed by atoms with Gasteiger partial charge in [0.25, 0.3) is 5.56 Å². The monoisotopic (exact) mass is 223 g/mol. The number of H-pyrrole nitrogens is 1. The Morgan fingerprint density at radius 1 is 1.50 bits per heavy atom. The lowest BCUT2D eigenvalue weighted by Gasteiger charge is -2.17. The lowest BCUT2D eigenvalue weighted by molar-refractivity contribution is 0.359. The molecule has 1 aliphatic carbocycles. The molecule has 1 fully saturated rings. The summed E-state index contributed by atoms with van der Waals surface area (Å²) in [6.07, 6.45) is 3.55. The Labute approximate surface area is 93.3 Å². The largest absolute Gasteiger partial charge is 0.385 e. The van der Waals surface area contributed by atoms with Crippen LogP contribution < -0.4 is 17.0 Å². The van der Waals surface area contributed by atoms with Crippen LogP contribution in [0.1, 0.15) is 26.2 Å². The zero-order valence-corrected chi connectivity index (χ0v) is 9.40. The Kier molecular flexibility index (Phi) is 2.85. The summed E-state index contributed by atoms with van der Waals surface area (Å²) < 4.78 is 1.47. The standard InChI is InChI=1S/C11H17N3O2/c1-7-3-2-4-8(7)6-14-9(12)5-10(15)13-11(14)16/h5,7-8H,2-4,6,12H2,1H3,(H,13,15,16). The zero-order chi connectivity index (χ0) is 11.7. The van der Waals surface area contributed by atoms with Gasteiger partial charge in [0.05, 0.1) is 0 Å². The molecule has 3 N–H and O–H groups in total. The minimum Gasteiger partial charge on any atom is -0.385 e. The highest BCUT2D eigenvalue weighted by Crippen LogP contribution is 2.32. The van der Waals surface area contributed by atoms with Crippen LogP contribution in [-0.4, -0.2) is 9.55 Å². The number of nitrogens with one attached hydrogen (secondary N) is 1. The van der Waals surface area contributed by atoms with Crippen LogP contribution in [0.5, 0.6) is 0 Å². The Hall–Kier alpha value is -1.52. The van der Waals surface area contributed by atoms with E-state index in [1.165, 1.54) is 23.5 Å². The van der Waals surface area contributed by atoms with E-state index in [0.29, 0.717) is 18.4 Å². The van der Waals surface area contributed by atoms with Crippen LogP contribution in [0, 0.1) is 11.8 Å². The van der Waals surface area contributed by atoms with E-state index in [-0.39, 0.29) is 5.82 Å². The molecule has 2 atom stereocenters. The minimum absolute atomic E-state index is 0.257. The molecule has 0 radical (unpaired) electrons. The van der Waals surface area contributed by atoms with Crippen molar-refractivity contribution in [3.05, 3.63) is 26.9 Å². The first kappa shape index (κ1) is 11.0. The Morgan fingerprint density at radius 2 is 2.25 bits per heavy atom. The van der Waals surface area contributed by atoms with E-state index in [1.807, 2.05) is 0 Å². The number of aromatic nitrogens is 2. The molecule has 0 aliphatic heterocycles. The first-order chi connectivity index (χ1) is 7.58. The molecule has 16 heavy (non-hydrogen) atoms. The number of nitrogens with two attached hydrogens (primary N) is 1. The van der Waals surface area contributed by atoms with Gasteiger partial charge < -0.3 is 5.73 Å². The number of hydrogen-bond acceptors (Lipinski definition) is 3. The molecule has 2 rings (SSSR count). The third-order valence-electron chi connectivity index (χ3n) is 3.52. The first-order valence-electron chi connectivity index (χ1n) is 5.67. The Bertz CT molecular complexity index is 489. The number of aromatic amines is 1. The number of nitrogens with zero attached hydrogens (tertiary/aromatic N) is 1. The van der Waals surface area contributed by atoms with Crippen LogP contribution in [0.2, 0.25) is 0 Å². The summed E-state index contributed by atoms with van der Waals surface area (Å²) in [7, 11) is 0. The molecule has 1 aromatic heterocycles. The predicted molar refractivity (Wildman–Crippen MR) is 62.2 cm³/mol. The van der Waals surface area contributed by atoms with E-state index in [0.717, 1.165) is 6.42 Å². The molecule has 5 nitrogen and oxygen atoms in total. The second kappa shape index (κ2) is 4.15. The van der Waals surface area contributed by atoms with Gasteiger partial charge in [0.1, 0.15) is 5.82 Å². The molecule has 1 saturated carbocycles. The van der Waals surface area contributed by atoms with Gasteiger partial charge in [-0.2, -0.15) is 0 Å². The summed E-state index contributed by atoms with van der Waals surface area (Å²) >= 11 is 0. The Balaban J connectivity index is 2.28.